The smallest absolute Gasteiger partial charge is 0.0607 e. The van der Waals surface area contributed by atoms with Crippen molar-refractivity contribution in [1.29, 1.82) is 0 Å². The first-order chi connectivity index (χ1) is 15.1. The first-order valence-corrected chi connectivity index (χ1v) is 10.8. The molecule has 0 spiro atoms. The van der Waals surface area contributed by atoms with Crippen LogP contribution in [-0.2, 0) is 25.5 Å². The Balaban J connectivity index is 0.00000196. The largest absolute Gasteiger partial charge is 0.296 e. The molecule has 0 N–H and O–H groups in total. The predicted molar refractivity (Wildman–Crippen MR) is 128 cm³/mol. The molecule has 155 valence electrons. The summed E-state index contributed by atoms with van der Waals surface area (Å²) in [5.41, 5.74) is 13.6. The molecule has 0 bridgehead atoms. The van der Waals surface area contributed by atoms with E-state index >= 15 is 0 Å². The Kier molecular flexibility index (Phi) is 4.12. The minimum absolute atomic E-state index is 0. The van der Waals surface area contributed by atoms with Crippen LogP contribution in [0.1, 0.15) is 25.0 Å². The molecular weight excluding hydrogens is 567 g/mol. The fourth-order valence-corrected chi connectivity index (χ4v) is 5.60. The molecule has 5 aromatic rings. The van der Waals surface area contributed by atoms with Gasteiger partial charge in [0.2, 0.25) is 0 Å². The van der Waals surface area contributed by atoms with E-state index in [9.17, 15) is 0 Å². The van der Waals surface area contributed by atoms with E-state index in [4.69, 9.17) is 4.98 Å². The minimum atomic E-state index is -0.0246. The normalized spacial score (nSPS) is 13.9. The van der Waals surface area contributed by atoms with E-state index in [2.05, 4.69) is 105 Å². The van der Waals surface area contributed by atoms with Gasteiger partial charge in [-0.3, -0.25) is 4.98 Å². The van der Waals surface area contributed by atoms with Crippen molar-refractivity contribution >= 4 is 10.9 Å². The van der Waals surface area contributed by atoms with E-state index in [1.807, 2.05) is 0 Å². The summed E-state index contributed by atoms with van der Waals surface area (Å²) < 4.78 is 0. The van der Waals surface area contributed by atoms with Crippen LogP contribution in [0.25, 0.3) is 55.5 Å². The van der Waals surface area contributed by atoms with Gasteiger partial charge in [0, 0.05) is 25.5 Å². The Bertz CT molecular complexity index is 1560. The second-order valence-corrected chi connectivity index (χ2v) is 9.14. The standard InChI is InChI=1S/C30H20N.Ir/c1-30(2)25-12-6-5-10-21(25)22-15-14-18(16-26(22)30)28-17-24-20-9-4-3-8-19(20)23-11-7-13-27(31-28)29(23)24;/h3-13,15-17H,1-2H3;/q-1;. The van der Waals surface area contributed by atoms with Crippen molar-refractivity contribution in [2.24, 2.45) is 0 Å². The van der Waals surface area contributed by atoms with Crippen molar-refractivity contribution in [1.82, 2.24) is 4.98 Å². The van der Waals surface area contributed by atoms with E-state index in [0.717, 1.165) is 16.8 Å². The Morgan fingerprint density at radius 1 is 0.656 bits per heavy atom. The van der Waals surface area contributed by atoms with Crippen LogP contribution < -0.4 is 0 Å². The van der Waals surface area contributed by atoms with Crippen LogP contribution in [0.5, 0.6) is 0 Å². The topological polar surface area (TPSA) is 12.9 Å². The molecule has 0 saturated heterocycles. The molecule has 1 nitrogen and oxygen atoms in total. The molecule has 32 heavy (non-hydrogen) atoms. The maximum Gasteiger partial charge on any atom is 0.0607 e. The summed E-state index contributed by atoms with van der Waals surface area (Å²) in [6.07, 6.45) is 0. The van der Waals surface area contributed by atoms with Crippen molar-refractivity contribution in [2.45, 2.75) is 19.3 Å². The zero-order valence-corrected chi connectivity index (χ0v) is 20.3. The summed E-state index contributed by atoms with van der Waals surface area (Å²) in [6, 6.07) is 34.2. The van der Waals surface area contributed by atoms with Gasteiger partial charge in [0.25, 0.3) is 0 Å². The van der Waals surface area contributed by atoms with E-state index in [0.29, 0.717) is 0 Å². The third kappa shape index (κ3) is 2.45. The molecule has 2 aliphatic carbocycles. The molecule has 7 rings (SSSR count). The molecule has 1 aromatic heterocycles. The van der Waals surface area contributed by atoms with Crippen LogP contribution >= 0.6 is 0 Å². The molecule has 0 fully saturated rings. The summed E-state index contributed by atoms with van der Waals surface area (Å²) in [7, 11) is 0. The number of hydrogen-bond donors (Lipinski definition) is 0. The molecule has 2 heteroatoms. The summed E-state index contributed by atoms with van der Waals surface area (Å²) in [5.74, 6) is 0. The maximum atomic E-state index is 5.08. The van der Waals surface area contributed by atoms with Crippen molar-refractivity contribution < 1.29 is 20.1 Å². The average Bonchev–Trinajstić information content (AvgIpc) is 3.25. The number of pyridine rings is 1. The van der Waals surface area contributed by atoms with Gasteiger partial charge in [-0.1, -0.05) is 91.7 Å². The van der Waals surface area contributed by atoms with Gasteiger partial charge in [0.05, 0.1) is 5.52 Å². The second kappa shape index (κ2) is 6.72. The van der Waals surface area contributed by atoms with E-state index in [-0.39, 0.29) is 25.5 Å². The Hall–Kier alpha value is -3.06. The number of rotatable bonds is 1. The number of aromatic nitrogens is 1. The number of hydrogen-bond acceptors (Lipinski definition) is 1. The van der Waals surface area contributed by atoms with Gasteiger partial charge < -0.3 is 0 Å². The molecule has 1 radical (unpaired) electrons. The second-order valence-electron chi connectivity index (χ2n) is 9.14. The van der Waals surface area contributed by atoms with Gasteiger partial charge in [0.1, 0.15) is 0 Å². The van der Waals surface area contributed by atoms with Gasteiger partial charge in [0.15, 0.2) is 0 Å². The Labute approximate surface area is 201 Å². The van der Waals surface area contributed by atoms with Crippen molar-refractivity contribution in [3.8, 4) is 44.6 Å². The maximum absolute atomic E-state index is 5.08. The van der Waals surface area contributed by atoms with E-state index in [1.54, 1.807) is 0 Å². The molecule has 0 atom stereocenters. The van der Waals surface area contributed by atoms with Crippen LogP contribution in [0.4, 0.5) is 0 Å². The quantitative estimate of drug-likeness (QED) is 0.180. The van der Waals surface area contributed by atoms with E-state index in [1.165, 1.54) is 49.9 Å². The van der Waals surface area contributed by atoms with Crippen molar-refractivity contribution in [3.63, 3.8) is 0 Å². The molecule has 0 unspecified atom stereocenters. The third-order valence-electron chi connectivity index (χ3n) is 7.13. The van der Waals surface area contributed by atoms with Crippen molar-refractivity contribution in [3.05, 3.63) is 102 Å². The van der Waals surface area contributed by atoms with E-state index < -0.39 is 0 Å². The summed E-state index contributed by atoms with van der Waals surface area (Å²) in [4.78, 5) is 5.08. The molecule has 2 aliphatic rings. The third-order valence-corrected chi connectivity index (χ3v) is 7.13. The average molecular weight is 587 g/mol. The molecule has 1 heterocycles. The molecule has 0 aliphatic heterocycles. The minimum Gasteiger partial charge on any atom is -0.296 e. The van der Waals surface area contributed by atoms with Gasteiger partial charge in [-0.05, 0) is 45.0 Å². The Morgan fingerprint density at radius 3 is 2.16 bits per heavy atom. The van der Waals surface area contributed by atoms with Crippen LogP contribution in [0, 0.1) is 6.07 Å². The predicted octanol–water partition coefficient (Wildman–Crippen LogP) is 7.65. The number of benzene rings is 4. The fourth-order valence-electron chi connectivity index (χ4n) is 5.60. The van der Waals surface area contributed by atoms with Gasteiger partial charge in [-0.2, -0.15) is 0 Å². The fraction of sp³-hybridized carbons (Fsp3) is 0.100. The number of fused-ring (bicyclic) bond motifs is 6. The zero-order valence-electron chi connectivity index (χ0n) is 17.9. The summed E-state index contributed by atoms with van der Waals surface area (Å²) >= 11 is 0. The first-order valence-electron chi connectivity index (χ1n) is 10.8. The molecular formula is C30H20IrN-. The molecule has 4 aromatic carbocycles. The van der Waals surface area contributed by atoms with Crippen LogP contribution in [0.2, 0.25) is 0 Å². The van der Waals surface area contributed by atoms with Crippen LogP contribution in [-0.4, -0.2) is 4.98 Å². The molecule has 0 amide bonds. The van der Waals surface area contributed by atoms with Gasteiger partial charge >= 0.3 is 0 Å². The Morgan fingerprint density at radius 2 is 1.34 bits per heavy atom. The van der Waals surface area contributed by atoms with Crippen LogP contribution in [0.15, 0.2) is 84.9 Å². The first kappa shape index (κ1) is 19.6. The summed E-state index contributed by atoms with van der Waals surface area (Å²) in [5, 5.41) is 1.27. The zero-order chi connectivity index (χ0) is 20.7. The van der Waals surface area contributed by atoms with Crippen molar-refractivity contribution in [2.75, 3.05) is 0 Å². The van der Waals surface area contributed by atoms with Gasteiger partial charge in [-0.25, -0.2) is 0 Å². The molecule has 0 saturated carbocycles. The summed E-state index contributed by atoms with van der Waals surface area (Å²) in [6.45, 7) is 4.63. The van der Waals surface area contributed by atoms with Crippen LogP contribution in [0.3, 0.4) is 0 Å². The SMILES string of the molecule is CC1(C)c2ccccc2-c2c[c-]c(-c3cc4c5c(cccc5n3)-c3ccccc3-4)cc21.[Ir]. The number of nitrogens with zero attached hydrogens (tertiary/aromatic N) is 1. The van der Waals surface area contributed by atoms with Gasteiger partial charge in [-0.15, -0.1) is 29.3 Å². The monoisotopic (exact) mass is 587 g/mol.